The molecule has 0 unspecified atom stereocenters. The molecule has 2 aromatic carbocycles. The number of para-hydroxylation sites is 1. The summed E-state index contributed by atoms with van der Waals surface area (Å²) in [7, 11) is 0. The van der Waals surface area contributed by atoms with Gasteiger partial charge in [-0.1, -0.05) is 12.1 Å². The molecule has 0 fully saturated rings. The zero-order valence-electron chi connectivity index (χ0n) is 14.5. The molecule has 26 heavy (non-hydrogen) atoms. The molecule has 0 saturated carbocycles. The first-order valence-corrected chi connectivity index (χ1v) is 9.20. The van der Waals surface area contributed by atoms with Crippen LogP contribution in [-0.2, 0) is 6.54 Å². The van der Waals surface area contributed by atoms with Gasteiger partial charge in [-0.25, -0.2) is 0 Å². The van der Waals surface area contributed by atoms with Crippen molar-refractivity contribution in [3.63, 3.8) is 0 Å². The third-order valence-corrected chi connectivity index (χ3v) is 5.16. The minimum atomic E-state index is -0.202. The summed E-state index contributed by atoms with van der Waals surface area (Å²) in [6.07, 6.45) is 1.37. The summed E-state index contributed by atoms with van der Waals surface area (Å²) in [4.78, 5) is 15.1. The fraction of sp³-hybridized carbons (Fsp3) is 0.250. The Morgan fingerprint density at radius 1 is 1.15 bits per heavy atom. The van der Waals surface area contributed by atoms with Gasteiger partial charge in [0.15, 0.2) is 0 Å². The molecule has 0 N–H and O–H groups in total. The van der Waals surface area contributed by atoms with E-state index in [2.05, 4.69) is 34.7 Å². The van der Waals surface area contributed by atoms with Gasteiger partial charge in [0.25, 0.3) is 0 Å². The van der Waals surface area contributed by atoms with Gasteiger partial charge < -0.3 is 13.9 Å². The van der Waals surface area contributed by atoms with E-state index in [1.165, 1.54) is 6.26 Å². The lowest BCUT2D eigenvalue weighted by molar-refractivity contribution is 0.0689. The standard InChI is InChI=1S/C20H18BrNO4/c1-12(2)22-9-14-16(25-11-22)8-7-13-19(23)18(10-24-20(13)14)26-17-6-4-3-5-15(17)21/h3-8,10,12H,9,11H2,1-2H3. The van der Waals surface area contributed by atoms with Crippen LogP contribution in [0.1, 0.15) is 19.4 Å². The highest BCUT2D eigenvalue weighted by Crippen LogP contribution is 2.34. The van der Waals surface area contributed by atoms with Crippen molar-refractivity contribution in [3.8, 4) is 17.2 Å². The number of fused-ring (bicyclic) bond motifs is 3. The molecule has 1 aliphatic heterocycles. The molecular formula is C20H18BrNO4. The van der Waals surface area contributed by atoms with Gasteiger partial charge in [0, 0.05) is 12.6 Å². The van der Waals surface area contributed by atoms with Crippen molar-refractivity contribution in [2.75, 3.05) is 6.73 Å². The second kappa shape index (κ2) is 6.78. The molecule has 1 aliphatic rings. The molecule has 6 heteroatoms. The number of nitrogens with zero attached hydrogens (tertiary/aromatic N) is 1. The van der Waals surface area contributed by atoms with E-state index in [1.54, 1.807) is 12.1 Å². The van der Waals surface area contributed by atoms with Crippen LogP contribution in [0, 0.1) is 0 Å². The molecule has 0 spiro atoms. The molecule has 0 aliphatic carbocycles. The Labute approximate surface area is 159 Å². The average molecular weight is 416 g/mol. The van der Waals surface area contributed by atoms with Crippen molar-refractivity contribution in [2.24, 2.45) is 0 Å². The van der Waals surface area contributed by atoms with Crippen molar-refractivity contribution >= 4 is 26.9 Å². The predicted molar refractivity (Wildman–Crippen MR) is 103 cm³/mol. The summed E-state index contributed by atoms with van der Waals surface area (Å²) < 4.78 is 18.2. The second-order valence-electron chi connectivity index (χ2n) is 6.49. The Balaban J connectivity index is 1.78. The molecule has 4 rings (SSSR count). The van der Waals surface area contributed by atoms with Crippen molar-refractivity contribution in [1.29, 1.82) is 0 Å². The first kappa shape index (κ1) is 17.1. The maximum atomic E-state index is 12.9. The lowest BCUT2D eigenvalue weighted by Gasteiger charge is -2.31. The van der Waals surface area contributed by atoms with Crippen molar-refractivity contribution in [3.05, 3.63) is 62.9 Å². The van der Waals surface area contributed by atoms with Gasteiger partial charge in [-0.15, -0.1) is 0 Å². The van der Waals surface area contributed by atoms with Crippen LogP contribution in [-0.4, -0.2) is 17.7 Å². The summed E-state index contributed by atoms with van der Waals surface area (Å²) in [6, 6.07) is 11.3. The van der Waals surface area contributed by atoms with E-state index in [4.69, 9.17) is 13.9 Å². The summed E-state index contributed by atoms with van der Waals surface area (Å²) in [5, 5.41) is 0.488. The molecule has 0 saturated heterocycles. The molecule has 0 atom stereocenters. The van der Waals surface area contributed by atoms with Crippen molar-refractivity contribution in [2.45, 2.75) is 26.4 Å². The van der Waals surface area contributed by atoms with Gasteiger partial charge in [-0.2, -0.15) is 0 Å². The van der Waals surface area contributed by atoms with Gasteiger partial charge in [0.2, 0.25) is 11.2 Å². The monoisotopic (exact) mass is 415 g/mol. The van der Waals surface area contributed by atoms with Gasteiger partial charge in [-0.3, -0.25) is 9.69 Å². The molecule has 0 radical (unpaired) electrons. The van der Waals surface area contributed by atoms with Crippen LogP contribution in [0.5, 0.6) is 17.2 Å². The number of halogens is 1. The van der Waals surface area contributed by atoms with Crippen LogP contribution in [0.3, 0.4) is 0 Å². The van der Waals surface area contributed by atoms with E-state index in [0.29, 0.717) is 36.0 Å². The molecule has 134 valence electrons. The number of hydrogen-bond donors (Lipinski definition) is 0. The maximum Gasteiger partial charge on any atom is 0.235 e. The van der Waals surface area contributed by atoms with E-state index in [0.717, 1.165) is 15.8 Å². The third kappa shape index (κ3) is 2.99. The Morgan fingerprint density at radius 3 is 2.73 bits per heavy atom. The third-order valence-electron chi connectivity index (χ3n) is 4.50. The Morgan fingerprint density at radius 2 is 1.96 bits per heavy atom. The minimum Gasteiger partial charge on any atom is -0.478 e. The van der Waals surface area contributed by atoms with Gasteiger partial charge in [-0.05, 0) is 54.0 Å². The summed E-state index contributed by atoms with van der Waals surface area (Å²) >= 11 is 3.42. The SMILES string of the molecule is CC(C)N1COc2ccc3c(=O)c(Oc4ccccc4Br)coc3c2C1. The summed E-state index contributed by atoms with van der Waals surface area (Å²) in [5.41, 5.74) is 1.25. The molecule has 0 bridgehead atoms. The van der Waals surface area contributed by atoms with E-state index < -0.39 is 0 Å². The largest absolute Gasteiger partial charge is 0.478 e. The smallest absolute Gasteiger partial charge is 0.235 e. The summed E-state index contributed by atoms with van der Waals surface area (Å²) in [6.45, 7) is 5.43. The van der Waals surface area contributed by atoms with Crippen LogP contribution in [0.2, 0.25) is 0 Å². The van der Waals surface area contributed by atoms with E-state index in [1.807, 2.05) is 24.3 Å². The van der Waals surface area contributed by atoms with E-state index in [9.17, 15) is 4.79 Å². The highest BCUT2D eigenvalue weighted by Gasteiger charge is 2.24. The maximum absolute atomic E-state index is 12.9. The van der Waals surface area contributed by atoms with Crippen LogP contribution in [0.15, 0.2) is 56.3 Å². The van der Waals surface area contributed by atoms with Crippen LogP contribution < -0.4 is 14.9 Å². The Hall–Kier alpha value is -2.31. The number of ether oxygens (including phenoxy) is 2. The topological polar surface area (TPSA) is 51.9 Å². The van der Waals surface area contributed by atoms with E-state index >= 15 is 0 Å². The highest BCUT2D eigenvalue weighted by molar-refractivity contribution is 9.10. The average Bonchev–Trinajstić information content (AvgIpc) is 2.65. The predicted octanol–water partition coefficient (Wildman–Crippen LogP) is 4.91. The molecule has 5 nitrogen and oxygen atoms in total. The lowest BCUT2D eigenvalue weighted by Crippen LogP contribution is -2.37. The van der Waals surface area contributed by atoms with E-state index in [-0.39, 0.29) is 11.2 Å². The first-order chi connectivity index (χ1) is 12.5. The van der Waals surface area contributed by atoms with Crippen LogP contribution in [0.4, 0.5) is 0 Å². The van der Waals surface area contributed by atoms with Gasteiger partial charge in [0.1, 0.15) is 30.1 Å². The number of hydrogen-bond acceptors (Lipinski definition) is 5. The number of rotatable bonds is 3. The molecule has 2 heterocycles. The van der Waals surface area contributed by atoms with Crippen LogP contribution >= 0.6 is 15.9 Å². The van der Waals surface area contributed by atoms with Crippen LogP contribution in [0.25, 0.3) is 11.0 Å². The molecule has 0 amide bonds. The van der Waals surface area contributed by atoms with Crippen molar-refractivity contribution < 1.29 is 13.9 Å². The van der Waals surface area contributed by atoms with Crippen molar-refractivity contribution in [1.82, 2.24) is 4.90 Å². The number of benzene rings is 2. The second-order valence-corrected chi connectivity index (χ2v) is 7.35. The normalized spacial score (nSPS) is 14.3. The fourth-order valence-corrected chi connectivity index (χ4v) is 3.32. The summed E-state index contributed by atoms with van der Waals surface area (Å²) in [5.74, 6) is 1.48. The molecule has 1 aromatic heterocycles. The van der Waals surface area contributed by atoms with Gasteiger partial charge >= 0.3 is 0 Å². The quantitative estimate of drug-likeness (QED) is 0.608. The van der Waals surface area contributed by atoms with Gasteiger partial charge in [0.05, 0.1) is 15.4 Å². The fourth-order valence-electron chi connectivity index (χ4n) is 2.96. The zero-order chi connectivity index (χ0) is 18.3. The molecule has 3 aromatic rings. The molecular weight excluding hydrogens is 398 g/mol. The first-order valence-electron chi connectivity index (χ1n) is 8.41. The zero-order valence-corrected chi connectivity index (χ0v) is 16.1. The minimum absolute atomic E-state index is 0.154. The lowest BCUT2D eigenvalue weighted by atomic mass is 10.1. The Bertz CT molecular complexity index is 1030. The Kier molecular flexibility index (Phi) is 4.46. The highest BCUT2D eigenvalue weighted by atomic mass is 79.9.